The lowest BCUT2D eigenvalue weighted by Crippen LogP contribution is -2.34. The van der Waals surface area contributed by atoms with Crippen LogP contribution in [-0.2, 0) is 21.4 Å². The number of carbonyl (C=O) groups excluding carboxylic acids is 1. The van der Waals surface area contributed by atoms with Crippen LogP contribution in [0.1, 0.15) is 24.8 Å². The van der Waals surface area contributed by atoms with E-state index in [9.17, 15) is 13.2 Å². The van der Waals surface area contributed by atoms with Crippen molar-refractivity contribution in [2.45, 2.75) is 25.8 Å². The van der Waals surface area contributed by atoms with Gasteiger partial charge in [0.25, 0.3) is 0 Å². The number of nitrogens with one attached hydrogen (secondary N) is 2. The summed E-state index contributed by atoms with van der Waals surface area (Å²) in [5.41, 5.74) is 7.05. The second kappa shape index (κ2) is 7.11. The number of rotatable bonds is 6. The molecule has 1 aromatic rings. The molecule has 22 heavy (non-hydrogen) atoms. The molecule has 0 spiro atoms. The smallest absolute Gasteiger partial charge is 0.229 e. The van der Waals surface area contributed by atoms with Gasteiger partial charge in [-0.3, -0.25) is 9.52 Å². The first kappa shape index (κ1) is 16.8. The Morgan fingerprint density at radius 1 is 1.36 bits per heavy atom. The molecule has 1 fully saturated rings. The van der Waals surface area contributed by atoms with E-state index in [0.717, 1.165) is 31.1 Å². The van der Waals surface area contributed by atoms with E-state index in [4.69, 9.17) is 5.73 Å². The Hall–Kier alpha value is -1.60. The van der Waals surface area contributed by atoms with E-state index in [1.54, 1.807) is 18.2 Å². The molecule has 1 aromatic carbocycles. The Kier molecular flexibility index (Phi) is 5.42. The highest BCUT2D eigenvalue weighted by atomic mass is 32.2. The molecule has 0 saturated heterocycles. The molecule has 1 aliphatic carbocycles. The van der Waals surface area contributed by atoms with Gasteiger partial charge in [0.05, 0.1) is 6.26 Å². The molecular formula is C15H23N3O3S. The molecule has 2 atom stereocenters. The molecule has 6 nitrogen and oxygen atoms in total. The van der Waals surface area contributed by atoms with Gasteiger partial charge >= 0.3 is 0 Å². The molecule has 0 aromatic heterocycles. The van der Waals surface area contributed by atoms with Gasteiger partial charge in [-0.15, -0.1) is 0 Å². The van der Waals surface area contributed by atoms with Crippen LogP contribution in [0.2, 0.25) is 0 Å². The summed E-state index contributed by atoms with van der Waals surface area (Å²) in [6.07, 6.45) is 4.06. The van der Waals surface area contributed by atoms with E-state index in [1.807, 2.05) is 6.07 Å². The molecule has 0 bridgehead atoms. The molecule has 122 valence electrons. The summed E-state index contributed by atoms with van der Waals surface area (Å²) in [5.74, 6) is 0.315. The van der Waals surface area contributed by atoms with Crippen LogP contribution in [-0.4, -0.2) is 27.1 Å². The Bertz CT molecular complexity index is 631. The van der Waals surface area contributed by atoms with E-state index >= 15 is 0 Å². The van der Waals surface area contributed by atoms with Gasteiger partial charge in [-0.1, -0.05) is 18.6 Å². The number of sulfonamides is 1. The zero-order valence-electron chi connectivity index (χ0n) is 12.7. The number of carbonyl (C=O) groups is 1. The van der Waals surface area contributed by atoms with Crippen molar-refractivity contribution in [2.75, 3.05) is 17.5 Å². The monoisotopic (exact) mass is 325 g/mol. The maximum atomic E-state index is 12.2. The summed E-state index contributed by atoms with van der Waals surface area (Å²) in [4.78, 5) is 12.2. The van der Waals surface area contributed by atoms with Crippen molar-refractivity contribution < 1.29 is 13.2 Å². The first-order valence-electron chi connectivity index (χ1n) is 7.43. The van der Waals surface area contributed by atoms with Crippen molar-refractivity contribution in [3.05, 3.63) is 29.8 Å². The fourth-order valence-corrected chi connectivity index (χ4v) is 3.50. The topological polar surface area (TPSA) is 101 Å². The first-order chi connectivity index (χ1) is 10.4. The van der Waals surface area contributed by atoms with E-state index in [0.29, 0.717) is 18.8 Å². The molecule has 0 aliphatic heterocycles. The Morgan fingerprint density at radius 2 is 2.14 bits per heavy atom. The lowest BCUT2D eigenvalue weighted by molar-refractivity contribution is -0.126. The van der Waals surface area contributed by atoms with Gasteiger partial charge in [-0.2, -0.15) is 0 Å². The van der Waals surface area contributed by atoms with Crippen molar-refractivity contribution in [3.63, 3.8) is 0 Å². The number of benzene rings is 1. The second-order valence-electron chi connectivity index (χ2n) is 5.83. The fraction of sp³-hybridized carbons (Fsp3) is 0.533. The summed E-state index contributed by atoms with van der Waals surface area (Å²) in [6.45, 7) is 0.928. The van der Waals surface area contributed by atoms with Crippen molar-refractivity contribution in [3.8, 4) is 0 Å². The first-order valence-corrected chi connectivity index (χ1v) is 9.32. The third-order valence-electron chi connectivity index (χ3n) is 4.00. The zero-order valence-corrected chi connectivity index (χ0v) is 13.5. The van der Waals surface area contributed by atoms with Crippen LogP contribution in [0, 0.1) is 11.8 Å². The standard InChI is InChI=1S/C15H23N3O3S/c1-22(20,21)18-13-6-2-4-11(8-13)10-17-15(19)14-7-3-5-12(14)9-16/h2,4,6,8,12,14,18H,3,5,7,9-10,16H2,1H3,(H,17,19)/t12-,14-/m1/s1. The largest absolute Gasteiger partial charge is 0.352 e. The van der Waals surface area contributed by atoms with Crippen molar-refractivity contribution in [1.29, 1.82) is 0 Å². The number of amides is 1. The predicted molar refractivity (Wildman–Crippen MR) is 86.6 cm³/mol. The van der Waals surface area contributed by atoms with Crippen molar-refractivity contribution in [2.24, 2.45) is 17.6 Å². The SMILES string of the molecule is CS(=O)(=O)Nc1cccc(CNC(=O)[C@@H]2CCC[C@@H]2CN)c1. The highest BCUT2D eigenvalue weighted by molar-refractivity contribution is 7.92. The Morgan fingerprint density at radius 3 is 2.82 bits per heavy atom. The zero-order chi connectivity index (χ0) is 16.2. The van der Waals surface area contributed by atoms with Gasteiger partial charge in [0.1, 0.15) is 0 Å². The number of nitrogens with two attached hydrogens (primary N) is 1. The minimum Gasteiger partial charge on any atom is -0.352 e. The Labute approximate surface area is 131 Å². The van der Waals surface area contributed by atoms with Crippen LogP contribution < -0.4 is 15.8 Å². The highest BCUT2D eigenvalue weighted by Gasteiger charge is 2.31. The number of hydrogen-bond acceptors (Lipinski definition) is 4. The molecule has 0 unspecified atom stereocenters. The maximum Gasteiger partial charge on any atom is 0.229 e. The number of anilines is 1. The quantitative estimate of drug-likeness (QED) is 0.727. The van der Waals surface area contributed by atoms with Gasteiger partial charge in [0.2, 0.25) is 15.9 Å². The molecule has 1 aliphatic rings. The molecule has 1 saturated carbocycles. The third kappa shape index (κ3) is 4.71. The van der Waals surface area contributed by atoms with E-state index in [1.165, 1.54) is 0 Å². The molecule has 4 N–H and O–H groups in total. The summed E-state index contributed by atoms with van der Waals surface area (Å²) < 4.78 is 24.9. The summed E-state index contributed by atoms with van der Waals surface area (Å²) in [7, 11) is -3.30. The average molecular weight is 325 g/mol. The van der Waals surface area contributed by atoms with Crippen LogP contribution >= 0.6 is 0 Å². The lowest BCUT2D eigenvalue weighted by Gasteiger charge is -2.17. The normalized spacial score (nSPS) is 21.5. The summed E-state index contributed by atoms with van der Waals surface area (Å²) in [6, 6.07) is 7.00. The van der Waals surface area contributed by atoms with Gasteiger partial charge in [0, 0.05) is 18.2 Å². The lowest BCUT2D eigenvalue weighted by atomic mass is 9.95. The molecule has 2 rings (SSSR count). The number of hydrogen-bond donors (Lipinski definition) is 3. The second-order valence-corrected chi connectivity index (χ2v) is 7.57. The minimum atomic E-state index is -3.30. The van der Waals surface area contributed by atoms with Crippen molar-refractivity contribution >= 4 is 21.6 Å². The minimum absolute atomic E-state index is 0.00215. The fourth-order valence-electron chi connectivity index (χ4n) is 2.94. The van der Waals surface area contributed by atoms with Gasteiger partial charge in [-0.25, -0.2) is 8.42 Å². The van der Waals surface area contributed by atoms with Crippen LogP contribution in [0.5, 0.6) is 0 Å². The molecule has 0 heterocycles. The van der Waals surface area contributed by atoms with Gasteiger partial charge in [0.15, 0.2) is 0 Å². The van der Waals surface area contributed by atoms with Gasteiger partial charge < -0.3 is 11.1 Å². The van der Waals surface area contributed by atoms with Crippen molar-refractivity contribution in [1.82, 2.24) is 5.32 Å². The highest BCUT2D eigenvalue weighted by Crippen LogP contribution is 2.31. The third-order valence-corrected chi connectivity index (χ3v) is 4.60. The molecular weight excluding hydrogens is 302 g/mol. The van der Waals surface area contributed by atoms with Crippen LogP contribution in [0.25, 0.3) is 0 Å². The maximum absolute atomic E-state index is 12.2. The van der Waals surface area contributed by atoms with E-state index < -0.39 is 10.0 Å². The molecule has 1 amide bonds. The van der Waals surface area contributed by atoms with Gasteiger partial charge in [-0.05, 0) is 43.0 Å². The molecule has 0 radical (unpaired) electrons. The van der Waals surface area contributed by atoms with Crippen LogP contribution in [0.4, 0.5) is 5.69 Å². The van der Waals surface area contributed by atoms with Crippen LogP contribution in [0.15, 0.2) is 24.3 Å². The van der Waals surface area contributed by atoms with E-state index in [-0.39, 0.29) is 17.7 Å². The molecule has 7 heteroatoms. The predicted octanol–water partition coefficient (Wildman–Crippen LogP) is 1.05. The summed E-state index contributed by atoms with van der Waals surface area (Å²) in [5, 5.41) is 2.92. The van der Waals surface area contributed by atoms with Crippen LogP contribution in [0.3, 0.4) is 0 Å². The van der Waals surface area contributed by atoms with E-state index in [2.05, 4.69) is 10.0 Å². The summed E-state index contributed by atoms with van der Waals surface area (Å²) >= 11 is 0. The Balaban J connectivity index is 1.94. The average Bonchev–Trinajstić information content (AvgIpc) is 2.92.